The third kappa shape index (κ3) is 7.94. The molecule has 3 rings (SSSR count). The Morgan fingerprint density at radius 3 is 2.74 bits per heavy atom. The van der Waals surface area contributed by atoms with Crippen LogP contribution in [0.25, 0.3) is 0 Å². The standard InChI is InChI=1S/C23H40N6O2/c1-5-24-23(27-14-21-17-28(8-10-31-21)15-18(2)3)26-13-20-6-7-22(25-12-20)29-9-11-30-19(4)16-29/h6-7,12,18-19,21H,5,8-11,13-17H2,1-4H3,(H2,24,26,27). The van der Waals surface area contributed by atoms with Gasteiger partial charge in [0.15, 0.2) is 5.96 Å². The molecule has 0 saturated carbocycles. The van der Waals surface area contributed by atoms with E-state index in [2.05, 4.69) is 65.2 Å². The summed E-state index contributed by atoms with van der Waals surface area (Å²) in [6, 6.07) is 4.20. The Labute approximate surface area is 187 Å². The quantitative estimate of drug-likeness (QED) is 0.479. The summed E-state index contributed by atoms with van der Waals surface area (Å²) in [5.41, 5.74) is 1.10. The average Bonchev–Trinajstić information content (AvgIpc) is 2.76. The first-order valence-corrected chi connectivity index (χ1v) is 11.7. The van der Waals surface area contributed by atoms with Crippen LogP contribution >= 0.6 is 0 Å². The van der Waals surface area contributed by atoms with E-state index in [1.165, 1.54) is 0 Å². The number of morpholine rings is 2. The molecule has 8 heteroatoms. The van der Waals surface area contributed by atoms with Crippen LogP contribution in [0.3, 0.4) is 0 Å². The molecule has 0 aliphatic carbocycles. The minimum absolute atomic E-state index is 0.188. The van der Waals surface area contributed by atoms with Gasteiger partial charge in [-0.25, -0.2) is 9.98 Å². The zero-order chi connectivity index (χ0) is 22.1. The van der Waals surface area contributed by atoms with Crippen LogP contribution < -0.4 is 15.5 Å². The second kappa shape index (κ2) is 12.2. The number of nitrogens with one attached hydrogen (secondary N) is 2. The molecule has 1 aromatic heterocycles. The molecule has 2 fully saturated rings. The zero-order valence-corrected chi connectivity index (χ0v) is 19.6. The van der Waals surface area contributed by atoms with Gasteiger partial charge in [0.2, 0.25) is 0 Å². The molecule has 2 N–H and O–H groups in total. The minimum Gasteiger partial charge on any atom is -0.375 e. The lowest BCUT2D eigenvalue weighted by atomic mass is 10.2. The lowest BCUT2D eigenvalue weighted by molar-refractivity contribution is -0.0284. The summed E-state index contributed by atoms with van der Waals surface area (Å²) < 4.78 is 11.6. The second-order valence-electron chi connectivity index (χ2n) is 8.87. The topological polar surface area (TPSA) is 74.2 Å². The molecule has 8 nitrogen and oxygen atoms in total. The normalized spacial score (nSPS) is 23.3. The van der Waals surface area contributed by atoms with Crippen molar-refractivity contribution in [2.24, 2.45) is 10.9 Å². The highest BCUT2D eigenvalue weighted by molar-refractivity contribution is 5.79. The first-order chi connectivity index (χ1) is 15.0. The van der Waals surface area contributed by atoms with Crippen LogP contribution in [0.4, 0.5) is 5.82 Å². The molecule has 0 radical (unpaired) electrons. The van der Waals surface area contributed by atoms with Crippen LogP contribution in [0.15, 0.2) is 23.3 Å². The highest BCUT2D eigenvalue weighted by Gasteiger charge is 2.21. The predicted octanol–water partition coefficient (Wildman–Crippen LogP) is 1.72. The SMILES string of the molecule is CCNC(=NCc1ccc(N2CCOC(C)C2)nc1)NCC1CN(CC(C)C)CCO1. The van der Waals surface area contributed by atoms with Crippen LogP contribution in [0.2, 0.25) is 0 Å². The number of ether oxygens (including phenoxy) is 2. The fraction of sp³-hybridized carbons (Fsp3) is 0.739. The molecule has 2 aliphatic heterocycles. The molecule has 31 heavy (non-hydrogen) atoms. The number of pyridine rings is 1. The van der Waals surface area contributed by atoms with Gasteiger partial charge in [-0.3, -0.25) is 4.90 Å². The van der Waals surface area contributed by atoms with E-state index in [0.717, 1.165) is 76.4 Å². The van der Waals surface area contributed by atoms with Crippen LogP contribution in [-0.4, -0.2) is 87.1 Å². The molecule has 1 aromatic rings. The van der Waals surface area contributed by atoms with Crippen molar-refractivity contribution >= 4 is 11.8 Å². The van der Waals surface area contributed by atoms with Gasteiger partial charge in [0.25, 0.3) is 0 Å². The number of rotatable bonds is 8. The van der Waals surface area contributed by atoms with Crippen molar-refractivity contribution in [1.82, 2.24) is 20.5 Å². The van der Waals surface area contributed by atoms with Gasteiger partial charge >= 0.3 is 0 Å². The number of aromatic nitrogens is 1. The molecule has 0 amide bonds. The van der Waals surface area contributed by atoms with Gasteiger partial charge < -0.3 is 25.0 Å². The van der Waals surface area contributed by atoms with Crippen molar-refractivity contribution in [2.45, 2.75) is 46.4 Å². The van der Waals surface area contributed by atoms with Gasteiger partial charge in [-0.15, -0.1) is 0 Å². The van der Waals surface area contributed by atoms with Crippen molar-refractivity contribution in [3.63, 3.8) is 0 Å². The van der Waals surface area contributed by atoms with Crippen LogP contribution in [0.1, 0.15) is 33.3 Å². The Bertz CT molecular complexity index is 681. The molecule has 2 saturated heterocycles. The monoisotopic (exact) mass is 432 g/mol. The second-order valence-corrected chi connectivity index (χ2v) is 8.87. The summed E-state index contributed by atoms with van der Waals surface area (Å²) in [5.74, 6) is 2.50. The van der Waals surface area contributed by atoms with E-state index in [1.807, 2.05) is 6.20 Å². The van der Waals surface area contributed by atoms with Gasteiger partial charge in [-0.1, -0.05) is 19.9 Å². The van der Waals surface area contributed by atoms with E-state index in [1.54, 1.807) is 0 Å². The summed E-state index contributed by atoms with van der Waals surface area (Å²) >= 11 is 0. The van der Waals surface area contributed by atoms with E-state index in [0.29, 0.717) is 12.5 Å². The third-order valence-electron chi connectivity index (χ3n) is 5.48. The minimum atomic E-state index is 0.188. The first kappa shape index (κ1) is 23.8. The predicted molar refractivity (Wildman–Crippen MR) is 126 cm³/mol. The van der Waals surface area contributed by atoms with E-state index >= 15 is 0 Å². The van der Waals surface area contributed by atoms with E-state index in [-0.39, 0.29) is 12.2 Å². The molecular weight excluding hydrogens is 392 g/mol. The fourth-order valence-corrected chi connectivity index (χ4v) is 4.03. The number of hydrogen-bond donors (Lipinski definition) is 2. The van der Waals surface area contributed by atoms with Gasteiger partial charge in [0, 0.05) is 52.0 Å². The fourth-order valence-electron chi connectivity index (χ4n) is 4.03. The van der Waals surface area contributed by atoms with Crippen molar-refractivity contribution in [2.75, 3.05) is 63.9 Å². The molecule has 174 valence electrons. The van der Waals surface area contributed by atoms with E-state index in [9.17, 15) is 0 Å². The highest BCUT2D eigenvalue weighted by Crippen LogP contribution is 2.15. The van der Waals surface area contributed by atoms with Crippen molar-refractivity contribution in [3.8, 4) is 0 Å². The van der Waals surface area contributed by atoms with Crippen molar-refractivity contribution in [3.05, 3.63) is 23.9 Å². The summed E-state index contributed by atoms with van der Waals surface area (Å²) in [6.45, 7) is 17.3. The van der Waals surface area contributed by atoms with Crippen molar-refractivity contribution < 1.29 is 9.47 Å². The molecule has 0 spiro atoms. The molecule has 2 aliphatic rings. The maximum Gasteiger partial charge on any atom is 0.191 e. The van der Waals surface area contributed by atoms with Gasteiger partial charge in [0.05, 0.1) is 32.0 Å². The Morgan fingerprint density at radius 2 is 2.03 bits per heavy atom. The molecule has 3 heterocycles. The lowest BCUT2D eigenvalue weighted by Gasteiger charge is -2.34. The first-order valence-electron chi connectivity index (χ1n) is 11.7. The Hall–Kier alpha value is -1.90. The number of aliphatic imine (C=N–C) groups is 1. The molecule has 2 unspecified atom stereocenters. The van der Waals surface area contributed by atoms with Gasteiger partial charge in [-0.2, -0.15) is 0 Å². The Balaban J connectivity index is 1.49. The van der Waals surface area contributed by atoms with E-state index < -0.39 is 0 Å². The third-order valence-corrected chi connectivity index (χ3v) is 5.48. The number of anilines is 1. The Kier molecular flexibility index (Phi) is 9.36. The van der Waals surface area contributed by atoms with Crippen molar-refractivity contribution in [1.29, 1.82) is 0 Å². The lowest BCUT2D eigenvalue weighted by Crippen LogP contribution is -2.50. The zero-order valence-electron chi connectivity index (χ0n) is 19.6. The number of nitrogens with zero attached hydrogens (tertiary/aromatic N) is 4. The van der Waals surface area contributed by atoms with Crippen LogP contribution in [-0.2, 0) is 16.0 Å². The molecule has 0 bridgehead atoms. The van der Waals surface area contributed by atoms with Gasteiger partial charge in [0.1, 0.15) is 5.82 Å². The summed E-state index contributed by atoms with van der Waals surface area (Å²) in [7, 11) is 0. The smallest absolute Gasteiger partial charge is 0.191 e. The molecule has 0 aromatic carbocycles. The largest absolute Gasteiger partial charge is 0.375 e. The highest BCUT2D eigenvalue weighted by atomic mass is 16.5. The Morgan fingerprint density at radius 1 is 1.19 bits per heavy atom. The maximum absolute atomic E-state index is 5.95. The van der Waals surface area contributed by atoms with E-state index in [4.69, 9.17) is 14.5 Å². The molecular formula is C23H40N6O2. The maximum atomic E-state index is 5.95. The summed E-state index contributed by atoms with van der Waals surface area (Å²) in [5, 5.41) is 6.78. The average molecular weight is 433 g/mol. The number of hydrogen-bond acceptors (Lipinski definition) is 6. The summed E-state index contributed by atoms with van der Waals surface area (Å²) in [4.78, 5) is 14.2. The number of guanidine groups is 1. The summed E-state index contributed by atoms with van der Waals surface area (Å²) in [6.07, 6.45) is 2.36. The van der Waals surface area contributed by atoms with Gasteiger partial charge in [-0.05, 0) is 31.4 Å². The van der Waals surface area contributed by atoms with Crippen LogP contribution in [0.5, 0.6) is 0 Å². The van der Waals surface area contributed by atoms with Crippen LogP contribution in [0, 0.1) is 5.92 Å². The molecule has 2 atom stereocenters.